The molecule has 1 aliphatic carbocycles. The summed E-state index contributed by atoms with van der Waals surface area (Å²) < 4.78 is 38.0. The average molecular weight is 777 g/mol. The number of sulfonamides is 1. The fourth-order valence-electron chi connectivity index (χ4n) is 6.60. The fraction of sp³-hybridized carbons (Fsp3) is 0.325. The van der Waals surface area contributed by atoms with Crippen LogP contribution in [0.5, 0.6) is 0 Å². The number of allylic oxidation sites excluding steroid dienone is 5. The molecule has 0 unspecified atom stereocenters. The molecule has 0 amide bonds. The fourth-order valence-corrected chi connectivity index (χ4v) is 10.5. The van der Waals surface area contributed by atoms with Gasteiger partial charge < -0.3 is 4.90 Å². The standard InChI is InChI=1S/C40H45N3O5S4/c1-4-5-10-27-42-34-13-6-8-15-36(34)50-38(42)25-21-31-19-20-32(40(31)41(3)52(45,46)33-23-17-30(2)18-24-33)22-26-39-43(28-11-12-29-49-48-47-44)35-14-7-9-16-37(35)51-39/h6-9,13-18,21-26H,4-5,10-12,19-20,27-29H2,1-3H3/p+1. The van der Waals surface area contributed by atoms with Crippen LogP contribution < -0.4 is 9.47 Å². The lowest BCUT2D eigenvalue weighted by Crippen LogP contribution is -2.35. The van der Waals surface area contributed by atoms with Gasteiger partial charge in [0, 0.05) is 54.8 Å². The molecule has 2 aliphatic rings. The molecule has 0 atom stereocenters. The van der Waals surface area contributed by atoms with Gasteiger partial charge in [-0.25, -0.2) is 13.7 Å². The maximum Gasteiger partial charge on any atom is 0.264 e. The zero-order chi connectivity index (χ0) is 36.5. The molecule has 52 heavy (non-hydrogen) atoms. The van der Waals surface area contributed by atoms with Crippen LogP contribution in [0.4, 0.5) is 5.69 Å². The molecule has 0 saturated carbocycles. The molecular formula is C40H46N3O5S4+. The molecule has 4 aromatic rings. The number of thioether (sulfide) groups is 1. The quantitative estimate of drug-likeness (QED) is 0.0373. The molecule has 6 rings (SSSR count). The van der Waals surface area contributed by atoms with Crippen LogP contribution in [-0.2, 0) is 25.9 Å². The van der Waals surface area contributed by atoms with Gasteiger partial charge in [0.1, 0.15) is 4.70 Å². The zero-order valence-corrected chi connectivity index (χ0v) is 33.1. The van der Waals surface area contributed by atoms with Crippen molar-refractivity contribution in [3.05, 3.63) is 123 Å². The van der Waals surface area contributed by atoms with Crippen LogP contribution in [0.15, 0.2) is 123 Å². The molecule has 0 saturated heterocycles. The molecule has 12 heteroatoms. The van der Waals surface area contributed by atoms with Crippen LogP contribution in [0.3, 0.4) is 0 Å². The Balaban J connectivity index is 1.36. The number of hydrogen-bond acceptors (Lipinski definition) is 9. The molecule has 8 nitrogen and oxygen atoms in total. The minimum Gasteiger partial charge on any atom is -0.335 e. The first-order valence-corrected chi connectivity index (χ1v) is 21.7. The molecule has 274 valence electrons. The van der Waals surface area contributed by atoms with E-state index < -0.39 is 10.0 Å². The molecule has 0 fully saturated rings. The number of benzene rings is 3. The minimum absolute atomic E-state index is 0.279. The highest BCUT2D eigenvalue weighted by atomic mass is 32.2. The number of aryl methyl sites for hydroxylation is 2. The number of para-hydroxylation sites is 2. The predicted octanol–water partition coefficient (Wildman–Crippen LogP) is 10.3. The van der Waals surface area contributed by atoms with Crippen LogP contribution in [0, 0.1) is 6.92 Å². The van der Waals surface area contributed by atoms with Crippen molar-refractivity contribution in [3.63, 3.8) is 0 Å². The normalized spacial score (nSPS) is 16.3. The Morgan fingerprint density at radius 1 is 0.962 bits per heavy atom. The van der Waals surface area contributed by atoms with Gasteiger partial charge in [-0.1, -0.05) is 89.5 Å². The van der Waals surface area contributed by atoms with E-state index in [0.29, 0.717) is 5.75 Å². The Kier molecular flexibility index (Phi) is 13.4. The molecule has 1 aliphatic heterocycles. The summed E-state index contributed by atoms with van der Waals surface area (Å²) in [6.07, 6.45) is 15.3. The molecule has 1 N–H and O–H groups in total. The highest BCUT2D eigenvalue weighted by Gasteiger charge is 2.31. The van der Waals surface area contributed by atoms with Crippen LogP contribution in [-0.4, -0.2) is 37.3 Å². The van der Waals surface area contributed by atoms with Crippen molar-refractivity contribution in [1.29, 1.82) is 0 Å². The third kappa shape index (κ3) is 8.87. The van der Waals surface area contributed by atoms with Crippen LogP contribution in [0.2, 0.25) is 0 Å². The van der Waals surface area contributed by atoms with Crippen molar-refractivity contribution in [2.45, 2.75) is 75.1 Å². The highest BCUT2D eigenvalue weighted by molar-refractivity contribution is 8.03. The van der Waals surface area contributed by atoms with Gasteiger partial charge in [0.05, 0.1) is 21.3 Å². The van der Waals surface area contributed by atoms with E-state index in [4.69, 9.17) is 5.26 Å². The summed E-state index contributed by atoms with van der Waals surface area (Å²) in [7, 11) is -2.13. The van der Waals surface area contributed by atoms with Gasteiger partial charge >= 0.3 is 0 Å². The van der Waals surface area contributed by atoms with Crippen molar-refractivity contribution in [3.8, 4) is 0 Å². The lowest BCUT2D eigenvalue weighted by Gasteiger charge is -2.23. The predicted molar refractivity (Wildman–Crippen MR) is 215 cm³/mol. The summed E-state index contributed by atoms with van der Waals surface area (Å²) in [5, 5.41) is 14.4. The van der Waals surface area contributed by atoms with Crippen molar-refractivity contribution in [2.24, 2.45) is 0 Å². The Labute approximate surface area is 320 Å². The van der Waals surface area contributed by atoms with E-state index in [2.05, 4.69) is 98.6 Å². The molecule has 2 heterocycles. The topological polar surface area (TPSA) is 83.2 Å². The van der Waals surface area contributed by atoms with E-state index in [1.165, 1.54) is 31.5 Å². The summed E-state index contributed by atoms with van der Waals surface area (Å²) in [5.41, 5.74) is 6.15. The van der Waals surface area contributed by atoms with Gasteiger partial charge in [0.2, 0.25) is 5.52 Å². The number of likely N-dealkylation sites (N-methyl/N-ethyl adjacent to an activating group) is 1. The van der Waals surface area contributed by atoms with Crippen LogP contribution >= 0.6 is 35.1 Å². The van der Waals surface area contributed by atoms with Crippen molar-refractivity contribution < 1.29 is 27.6 Å². The van der Waals surface area contributed by atoms with E-state index >= 15 is 0 Å². The van der Waals surface area contributed by atoms with E-state index in [9.17, 15) is 8.42 Å². The second-order valence-electron chi connectivity index (χ2n) is 12.8. The summed E-state index contributed by atoms with van der Waals surface area (Å²) in [6.45, 7) is 5.94. The minimum atomic E-state index is -3.82. The number of fused-ring (bicyclic) bond motifs is 2. The maximum atomic E-state index is 14.2. The summed E-state index contributed by atoms with van der Waals surface area (Å²) in [4.78, 5) is 3.80. The number of nitrogens with zero attached hydrogens (tertiary/aromatic N) is 3. The third-order valence-corrected chi connectivity index (χ3v) is 14.0. The second kappa shape index (κ2) is 18.1. The average Bonchev–Trinajstić information content (AvgIpc) is 3.84. The number of anilines is 1. The smallest absolute Gasteiger partial charge is 0.264 e. The van der Waals surface area contributed by atoms with Crippen molar-refractivity contribution >= 4 is 67.1 Å². The Morgan fingerprint density at radius 2 is 1.75 bits per heavy atom. The Bertz CT molecular complexity index is 2090. The van der Waals surface area contributed by atoms with Gasteiger partial charge in [-0.3, -0.25) is 4.31 Å². The van der Waals surface area contributed by atoms with E-state index in [1.807, 2.05) is 19.1 Å². The number of hydrogen-bond donors (Lipinski definition) is 1. The first-order valence-electron chi connectivity index (χ1n) is 17.8. The van der Waals surface area contributed by atoms with E-state index in [0.717, 1.165) is 96.1 Å². The zero-order valence-electron chi connectivity index (χ0n) is 29.9. The molecule has 1 aromatic heterocycles. The first kappa shape index (κ1) is 38.4. The largest absolute Gasteiger partial charge is 0.335 e. The lowest BCUT2D eigenvalue weighted by molar-refractivity contribution is -0.669. The van der Waals surface area contributed by atoms with Crippen molar-refractivity contribution in [2.75, 3.05) is 24.2 Å². The van der Waals surface area contributed by atoms with Gasteiger partial charge in [-0.2, -0.15) is 4.57 Å². The number of unbranched alkanes of at least 4 members (excludes halogenated alkanes) is 3. The number of thiazole rings is 1. The molecule has 0 spiro atoms. The van der Waals surface area contributed by atoms with Crippen LogP contribution in [0.1, 0.15) is 62.4 Å². The lowest BCUT2D eigenvalue weighted by atomic mass is 10.2. The van der Waals surface area contributed by atoms with E-state index in [-0.39, 0.29) is 4.90 Å². The summed E-state index contributed by atoms with van der Waals surface area (Å²) in [5.74, 6) is 0.693. The second-order valence-corrected chi connectivity index (χ2v) is 17.7. The maximum absolute atomic E-state index is 14.2. The Hall–Kier alpha value is -3.36. The molecular weight excluding hydrogens is 731 g/mol. The van der Waals surface area contributed by atoms with Gasteiger partial charge in [-0.05, 0) is 92.7 Å². The molecule has 0 bridgehead atoms. The highest BCUT2D eigenvalue weighted by Crippen LogP contribution is 2.46. The van der Waals surface area contributed by atoms with E-state index in [1.54, 1.807) is 42.3 Å². The number of aromatic nitrogens is 1. The first-order chi connectivity index (χ1) is 25.3. The van der Waals surface area contributed by atoms with Gasteiger partial charge in [-0.15, -0.1) is 4.33 Å². The molecule has 3 aromatic carbocycles. The van der Waals surface area contributed by atoms with Gasteiger partial charge in [0.15, 0.2) is 6.54 Å². The Morgan fingerprint density at radius 3 is 2.56 bits per heavy atom. The summed E-state index contributed by atoms with van der Waals surface area (Å²) in [6, 6.07) is 24.0. The summed E-state index contributed by atoms with van der Waals surface area (Å²) >= 11 is 4.58. The molecule has 0 radical (unpaired) electrons. The monoisotopic (exact) mass is 776 g/mol. The third-order valence-electron chi connectivity index (χ3n) is 9.32. The number of rotatable bonds is 17. The van der Waals surface area contributed by atoms with Crippen molar-refractivity contribution in [1.82, 2.24) is 4.31 Å². The SMILES string of the molecule is CCCCC[n+]1c(C=CC2=C(N(C)S(=O)(=O)c3ccc(C)cc3)C(=CC=C3Sc4ccccc4N3CCCCSOOO)CC2)sc2ccccc21. The van der Waals surface area contributed by atoms with Gasteiger partial charge in [0.25, 0.3) is 15.0 Å². The van der Waals surface area contributed by atoms with Crippen LogP contribution in [0.25, 0.3) is 16.3 Å².